The van der Waals surface area contributed by atoms with Gasteiger partial charge in [-0.2, -0.15) is 0 Å². The van der Waals surface area contributed by atoms with E-state index in [9.17, 15) is 4.79 Å². The van der Waals surface area contributed by atoms with E-state index in [1.54, 1.807) is 0 Å². The van der Waals surface area contributed by atoms with Crippen molar-refractivity contribution in [3.8, 4) is 0 Å². The van der Waals surface area contributed by atoms with Crippen LogP contribution in [0.15, 0.2) is 0 Å². The zero-order valence-corrected chi connectivity index (χ0v) is 8.66. The fourth-order valence-corrected chi connectivity index (χ4v) is 2.09. The van der Waals surface area contributed by atoms with Crippen molar-refractivity contribution in [2.45, 2.75) is 33.2 Å². The molecule has 1 rings (SSSR count). The minimum absolute atomic E-state index is 0.118. The van der Waals surface area contributed by atoms with Crippen molar-refractivity contribution < 1.29 is 9.90 Å². The van der Waals surface area contributed by atoms with E-state index in [0.717, 1.165) is 19.5 Å². The number of carbonyl (C=O) groups is 1. The van der Waals surface area contributed by atoms with Crippen molar-refractivity contribution >= 4 is 5.97 Å². The molecule has 0 bridgehead atoms. The van der Waals surface area contributed by atoms with E-state index in [4.69, 9.17) is 5.11 Å². The summed E-state index contributed by atoms with van der Waals surface area (Å²) in [5.74, 6) is -0.137. The van der Waals surface area contributed by atoms with E-state index in [1.165, 1.54) is 0 Å². The molecule has 3 heteroatoms. The normalized spacial score (nSPS) is 21.5. The first kappa shape index (κ1) is 10.5. The number of aliphatic carboxylic acids is 1. The molecule has 1 N–H and O–H groups in total. The Bertz CT molecular complexity index is 185. The molecule has 0 aliphatic carbocycles. The molecule has 13 heavy (non-hydrogen) atoms. The summed E-state index contributed by atoms with van der Waals surface area (Å²) in [6, 6.07) is 0.565. The molecule has 1 aliphatic rings. The second-order valence-corrected chi connectivity index (χ2v) is 4.21. The van der Waals surface area contributed by atoms with Crippen LogP contribution in [-0.4, -0.2) is 35.1 Å². The second kappa shape index (κ2) is 4.09. The van der Waals surface area contributed by atoms with Gasteiger partial charge in [-0.05, 0) is 12.3 Å². The van der Waals surface area contributed by atoms with Gasteiger partial charge in [0.1, 0.15) is 0 Å². The van der Waals surface area contributed by atoms with Crippen LogP contribution in [0.2, 0.25) is 0 Å². The van der Waals surface area contributed by atoms with Gasteiger partial charge in [0, 0.05) is 19.1 Å². The largest absolute Gasteiger partial charge is 0.481 e. The molecule has 1 fully saturated rings. The Morgan fingerprint density at radius 1 is 1.54 bits per heavy atom. The van der Waals surface area contributed by atoms with Gasteiger partial charge in [-0.3, -0.25) is 9.69 Å². The highest BCUT2D eigenvalue weighted by Crippen LogP contribution is 2.24. The molecule has 3 nitrogen and oxygen atoms in total. The summed E-state index contributed by atoms with van der Waals surface area (Å²) >= 11 is 0. The lowest BCUT2D eigenvalue weighted by atomic mass is 9.91. The summed E-state index contributed by atoms with van der Waals surface area (Å²) in [6.45, 7) is 8.04. The monoisotopic (exact) mass is 185 g/mol. The van der Waals surface area contributed by atoms with E-state index in [0.29, 0.717) is 12.0 Å². The molecule has 0 aromatic rings. The molecule has 0 aromatic heterocycles. The van der Waals surface area contributed by atoms with E-state index in [-0.39, 0.29) is 5.92 Å². The van der Waals surface area contributed by atoms with Gasteiger partial charge in [0.25, 0.3) is 0 Å². The Morgan fingerprint density at radius 2 is 2.08 bits per heavy atom. The number of carboxylic acids is 1. The SMILES string of the molecule is CCC(C(C)C)N1CC(C(=O)O)C1. The number of carboxylic acid groups (broad SMARTS) is 1. The van der Waals surface area contributed by atoms with Gasteiger partial charge < -0.3 is 5.11 Å². The first-order valence-corrected chi connectivity index (χ1v) is 5.03. The lowest BCUT2D eigenvalue weighted by molar-refractivity contribution is -0.149. The molecular formula is C10H19NO2. The van der Waals surface area contributed by atoms with Crippen LogP contribution in [-0.2, 0) is 4.79 Å². The number of hydrogen-bond acceptors (Lipinski definition) is 2. The second-order valence-electron chi connectivity index (χ2n) is 4.21. The molecule has 0 saturated carbocycles. The summed E-state index contributed by atoms with van der Waals surface area (Å²) in [5.41, 5.74) is 0. The molecule has 0 radical (unpaired) electrons. The summed E-state index contributed by atoms with van der Waals surface area (Å²) in [5, 5.41) is 8.72. The molecule has 1 unspecified atom stereocenters. The number of likely N-dealkylation sites (tertiary alicyclic amines) is 1. The maximum Gasteiger partial charge on any atom is 0.309 e. The Hall–Kier alpha value is -0.570. The Kier molecular flexibility index (Phi) is 3.31. The average molecular weight is 185 g/mol. The van der Waals surface area contributed by atoms with Gasteiger partial charge in [-0.25, -0.2) is 0 Å². The van der Waals surface area contributed by atoms with Crippen molar-refractivity contribution in [2.24, 2.45) is 11.8 Å². The van der Waals surface area contributed by atoms with Gasteiger partial charge in [0.15, 0.2) is 0 Å². The van der Waals surface area contributed by atoms with Crippen LogP contribution in [0.3, 0.4) is 0 Å². The fourth-order valence-electron chi connectivity index (χ4n) is 2.09. The van der Waals surface area contributed by atoms with Crippen LogP contribution < -0.4 is 0 Å². The van der Waals surface area contributed by atoms with Gasteiger partial charge in [-0.1, -0.05) is 20.8 Å². The van der Waals surface area contributed by atoms with Crippen molar-refractivity contribution in [3.05, 3.63) is 0 Å². The van der Waals surface area contributed by atoms with Gasteiger partial charge >= 0.3 is 5.97 Å². The molecule has 0 aromatic carbocycles. The zero-order chi connectivity index (χ0) is 10.0. The number of hydrogen-bond donors (Lipinski definition) is 1. The van der Waals surface area contributed by atoms with Crippen LogP contribution in [0, 0.1) is 11.8 Å². The lowest BCUT2D eigenvalue weighted by Crippen LogP contribution is -2.56. The van der Waals surface area contributed by atoms with E-state index in [2.05, 4.69) is 25.7 Å². The van der Waals surface area contributed by atoms with Crippen molar-refractivity contribution in [2.75, 3.05) is 13.1 Å². The standard InChI is InChI=1S/C10H19NO2/c1-4-9(7(2)3)11-5-8(6-11)10(12)13/h7-9H,4-6H2,1-3H3,(H,12,13). The number of rotatable bonds is 4. The summed E-state index contributed by atoms with van der Waals surface area (Å²) in [4.78, 5) is 12.9. The maximum atomic E-state index is 10.6. The number of nitrogens with zero attached hydrogens (tertiary/aromatic N) is 1. The van der Waals surface area contributed by atoms with Gasteiger partial charge in [-0.15, -0.1) is 0 Å². The molecule has 76 valence electrons. The minimum atomic E-state index is -0.644. The van der Waals surface area contributed by atoms with Crippen molar-refractivity contribution in [1.82, 2.24) is 4.90 Å². The first-order chi connectivity index (χ1) is 6.06. The third kappa shape index (κ3) is 2.21. The van der Waals surface area contributed by atoms with Crippen LogP contribution in [0.1, 0.15) is 27.2 Å². The van der Waals surface area contributed by atoms with E-state index < -0.39 is 5.97 Å². The Labute approximate surface area is 79.7 Å². The highest BCUT2D eigenvalue weighted by molar-refractivity contribution is 5.71. The van der Waals surface area contributed by atoms with Crippen LogP contribution in [0.25, 0.3) is 0 Å². The average Bonchev–Trinajstić information content (AvgIpc) is 1.93. The summed E-state index contributed by atoms with van der Waals surface area (Å²) in [6.07, 6.45) is 1.12. The smallest absolute Gasteiger partial charge is 0.309 e. The quantitative estimate of drug-likeness (QED) is 0.720. The molecule has 1 saturated heterocycles. The fraction of sp³-hybridized carbons (Fsp3) is 0.900. The molecule has 0 spiro atoms. The van der Waals surface area contributed by atoms with Crippen molar-refractivity contribution in [1.29, 1.82) is 0 Å². The van der Waals surface area contributed by atoms with E-state index in [1.807, 2.05) is 0 Å². The first-order valence-electron chi connectivity index (χ1n) is 5.03. The van der Waals surface area contributed by atoms with Crippen LogP contribution in [0.5, 0.6) is 0 Å². The molecule has 0 amide bonds. The molecule has 1 heterocycles. The zero-order valence-electron chi connectivity index (χ0n) is 8.66. The Morgan fingerprint density at radius 3 is 2.38 bits per heavy atom. The maximum absolute atomic E-state index is 10.6. The van der Waals surface area contributed by atoms with E-state index >= 15 is 0 Å². The third-order valence-corrected chi connectivity index (χ3v) is 2.92. The minimum Gasteiger partial charge on any atom is -0.481 e. The summed E-state index contributed by atoms with van der Waals surface area (Å²) in [7, 11) is 0. The van der Waals surface area contributed by atoms with Crippen LogP contribution >= 0.6 is 0 Å². The highest BCUT2D eigenvalue weighted by Gasteiger charge is 2.36. The predicted octanol–water partition coefficient (Wildman–Crippen LogP) is 1.44. The lowest BCUT2D eigenvalue weighted by Gasteiger charge is -2.44. The Balaban J connectivity index is 2.36. The topological polar surface area (TPSA) is 40.5 Å². The molecule has 1 atom stereocenters. The molecule has 1 aliphatic heterocycles. The van der Waals surface area contributed by atoms with Gasteiger partial charge in [0.05, 0.1) is 5.92 Å². The molecular weight excluding hydrogens is 166 g/mol. The van der Waals surface area contributed by atoms with Crippen molar-refractivity contribution in [3.63, 3.8) is 0 Å². The van der Waals surface area contributed by atoms with Crippen LogP contribution in [0.4, 0.5) is 0 Å². The predicted molar refractivity (Wildman–Crippen MR) is 51.6 cm³/mol. The van der Waals surface area contributed by atoms with Gasteiger partial charge in [0.2, 0.25) is 0 Å². The summed E-state index contributed by atoms with van der Waals surface area (Å²) < 4.78 is 0. The third-order valence-electron chi connectivity index (χ3n) is 2.92. The highest BCUT2D eigenvalue weighted by atomic mass is 16.4.